The zero-order valence-corrected chi connectivity index (χ0v) is 21.4. The molecule has 184 valence electrons. The van der Waals surface area contributed by atoms with Crippen molar-refractivity contribution in [2.75, 3.05) is 20.8 Å². The maximum atomic E-state index is 13.5. The van der Waals surface area contributed by atoms with Gasteiger partial charge in [0.15, 0.2) is 23.9 Å². The number of ether oxygens (including phenoxy) is 3. The number of nitrogens with zero attached hydrogens (tertiary/aromatic N) is 4. The number of fused-ring (bicyclic) bond motifs is 2. The molecule has 0 saturated heterocycles. The second kappa shape index (κ2) is 10.2. The first kappa shape index (κ1) is 24.1. The molecule has 9 nitrogen and oxygen atoms in total. The Balaban J connectivity index is 1.68. The maximum absolute atomic E-state index is 13.5. The van der Waals surface area contributed by atoms with Crippen LogP contribution in [0.15, 0.2) is 79.4 Å². The normalized spacial score (nSPS) is 11.2. The summed E-state index contributed by atoms with van der Waals surface area (Å²) in [6, 6.07) is 19.6. The molecule has 0 amide bonds. The SMILES string of the molecule is COc1cc(C=Nn2c(-c3cc4c(OC)cccc4o3)nc3ccccc3c2=O)c(Br)cc1OCC#N. The van der Waals surface area contributed by atoms with Crippen LogP contribution in [0.25, 0.3) is 33.5 Å². The fourth-order valence-corrected chi connectivity index (χ4v) is 4.29. The molecule has 0 aliphatic rings. The van der Waals surface area contributed by atoms with Crippen LogP contribution in [0, 0.1) is 11.3 Å². The summed E-state index contributed by atoms with van der Waals surface area (Å²) in [6.07, 6.45) is 1.51. The summed E-state index contributed by atoms with van der Waals surface area (Å²) >= 11 is 3.49. The topological polar surface area (TPSA) is 112 Å². The lowest BCUT2D eigenvalue weighted by atomic mass is 10.2. The molecule has 0 unspecified atom stereocenters. The number of aromatic nitrogens is 2. The van der Waals surface area contributed by atoms with Crippen LogP contribution in [-0.2, 0) is 0 Å². The number of benzene rings is 3. The van der Waals surface area contributed by atoms with Crippen LogP contribution in [-0.4, -0.2) is 36.7 Å². The predicted octanol–water partition coefficient (Wildman–Crippen LogP) is 5.37. The van der Waals surface area contributed by atoms with Crippen molar-refractivity contribution in [1.82, 2.24) is 9.66 Å². The summed E-state index contributed by atoms with van der Waals surface area (Å²) in [4.78, 5) is 18.2. The minimum atomic E-state index is -0.360. The van der Waals surface area contributed by atoms with Gasteiger partial charge in [0.2, 0.25) is 5.82 Å². The molecular formula is C27H19BrN4O5. The molecule has 3 aromatic carbocycles. The second-order valence-corrected chi connectivity index (χ2v) is 8.62. The smallest absolute Gasteiger partial charge is 0.282 e. The molecule has 0 aliphatic heterocycles. The molecule has 0 radical (unpaired) electrons. The molecule has 0 N–H and O–H groups in total. The first-order chi connectivity index (χ1) is 18.0. The third-order valence-electron chi connectivity index (χ3n) is 5.60. The van der Waals surface area contributed by atoms with E-state index in [9.17, 15) is 4.79 Å². The zero-order chi connectivity index (χ0) is 25.9. The fourth-order valence-electron chi connectivity index (χ4n) is 3.86. The Bertz CT molecular complexity index is 1770. The number of furan rings is 1. The minimum absolute atomic E-state index is 0.125. The Kier molecular flexibility index (Phi) is 6.62. The average Bonchev–Trinajstić information content (AvgIpc) is 3.36. The average molecular weight is 559 g/mol. The number of nitriles is 1. The van der Waals surface area contributed by atoms with Crippen molar-refractivity contribution in [3.8, 4) is 34.9 Å². The van der Waals surface area contributed by atoms with Gasteiger partial charge >= 0.3 is 0 Å². The van der Waals surface area contributed by atoms with Crippen LogP contribution in [0.2, 0.25) is 0 Å². The summed E-state index contributed by atoms with van der Waals surface area (Å²) in [5.74, 6) is 2.04. The molecule has 0 bridgehead atoms. The van der Waals surface area contributed by atoms with Gasteiger partial charge in [-0.15, -0.1) is 0 Å². The van der Waals surface area contributed by atoms with E-state index in [0.29, 0.717) is 49.5 Å². The van der Waals surface area contributed by atoms with E-state index in [1.54, 1.807) is 43.5 Å². The summed E-state index contributed by atoms with van der Waals surface area (Å²) in [7, 11) is 3.08. The lowest BCUT2D eigenvalue weighted by molar-refractivity contribution is 0.329. The molecule has 0 atom stereocenters. The Morgan fingerprint density at radius 3 is 2.65 bits per heavy atom. The van der Waals surface area contributed by atoms with Gasteiger partial charge in [0.05, 0.1) is 36.7 Å². The maximum Gasteiger partial charge on any atom is 0.282 e. The molecule has 5 rings (SSSR count). The van der Waals surface area contributed by atoms with Crippen molar-refractivity contribution in [2.24, 2.45) is 5.10 Å². The highest BCUT2D eigenvalue weighted by atomic mass is 79.9. The molecule has 0 aliphatic carbocycles. The number of methoxy groups -OCH3 is 2. The van der Waals surface area contributed by atoms with Gasteiger partial charge in [0.1, 0.15) is 17.4 Å². The molecule has 0 saturated carbocycles. The predicted molar refractivity (Wildman–Crippen MR) is 143 cm³/mol. The Morgan fingerprint density at radius 2 is 1.86 bits per heavy atom. The van der Waals surface area contributed by atoms with Crippen molar-refractivity contribution < 1.29 is 18.6 Å². The first-order valence-corrected chi connectivity index (χ1v) is 11.8. The zero-order valence-electron chi connectivity index (χ0n) is 19.8. The number of hydrogen-bond donors (Lipinski definition) is 0. The molecule has 2 heterocycles. The third-order valence-corrected chi connectivity index (χ3v) is 6.29. The molecule has 0 spiro atoms. The highest BCUT2D eigenvalue weighted by molar-refractivity contribution is 9.10. The van der Waals surface area contributed by atoms with E-state index in [-0.39, 0.29) is 18.0 Å². The van der Waals surface area contributed by atoms with Crippen LogP contribution >= 0.6 is 15.9 Å². The summed E-state index contributed by atoms with van der Waals surface area (Å²) < 4.78 is 24.2. The number of halogens is 1. The van der Waals surface area contributed by atoms with Gasteiger partial charge in [-0.3, -0.25) is 4.79 Å². The van der Waals surface area contributed by atoms with Crippen LogP contribution in [0.4, 0.5) is 0 Å². The van der Waals surface area contributed by atoms with Crippen LogP contribution in [0.3, 0.4) is 0 Å². The van der Waals surface area contributed by atoms with E-state index in [2.05, 4.69) is 21.0 Å². The van der Waals surface area contributed by atoms with E-state index < -0.39 is 0 Å². The number of para-hydroxylation sites is 1. The summed E-state index contributed by atoms with van der Waals surface area (Å²) in [5, 5.41) is 14.5. The van der Waals surface area contributed by atoms with E-state index in [1.165, 1.54) is 18.0 Å². The van der Waals surface area contributed by atoms with Gasteiger partial charge in [-0.25, -0.2) is 4.98 Å². The van der Waals surface area contributed by atoms with Gasteiger partial charge in [-0.05, 0) is 58.4 Å². The standard InChI is InChI=1S/C27H19BrN4O5/c1-34-21-8-5-9-22-18(21)13-25(37-22)26-31-20-7-4-3-6-17(20)27(33)32(26)30-15-16-12-23(35-2)24(14-19(16)28)36-11-10-29/h3-9,12-15H,11H2,1-2H3. The Morgan fingerprint density at radius 1 is 1.05 bits per heavy atom. The van der Waals surface area contributed by atoms with Crippen molar-refractivity contribution in [2.45, 2.75) is 0 Å². The van der Waals surface area contributed by atoms with Gasteiger partial charge in [-0.1, -0.05) is 18.2 Å². The van der Waals surface area contributed by atoms with E-state index in [1.807, 2.05) is 30.3 Å². The summed E-state index contributed by atoms with van der Waals surface area (Å²) in [6.45, 7) is -0.125. The molecule has 37 heavy (non-hydrogen) atoms. The molecule has 2 aromatic heterocycles. The lowest BCUT2D eigenvalue weighted by Gasteiger charge is -2.11. The number of hydrogen-bond acceptors (Lipinski definition) is 8. The molecule has 10 heteroatoms. The molecule has 5 aromatic rings. The van der Waals surface area contributed by atoms with Gasteiger partial charge in [0.25, 0.3) is 5.56 Å². The Hall–Kier alpha value is -4.62. The molecule has 0 fully saturated rings. The van der Waals surface area contributed by atoms with E-state index in [0.717, 1.165) is 5.39 Å². The van der Waals surface area contributed by atoms with Crippen LogP contribution in [0.1, 0.15) is 5.56 Å². The highest BCUT2D eigenvalue weighted by Gasteiger charge is 2.18. The minimum Gasteiger partial charge on any atom is -0.496 e. The summed E-state index contributed by atoms with van der Waals surface area (Å²) in [5.41, 5.74) is 1.36. The van der Waals surface area contributed by atoms with Gasteiger partial charge < -0.3 is 18.6 Å². The van der Waals surface area contributed by atoms with Gasteiger partial charge in [-0.2, -0.15) is 15.0 Å². The number of rotatable bonds is 7. The lowest BCUT2D eigenvalue weighted by Crippen LogP contribution is -2.20. The quantitative estimate of drug-likeness (QED) is 0.246. The van der Waals surface area contributed by atoms with E-state index in [4.69, 9.17) is 28.9 Å². The highest BCUT2D eigenvalue weighted by Crippen LogP contribution is 2.34. The van der Waals surface area contributed by atoms with Crippen molar-refractivity contribution in [3.63, 3.8) is 0 Å². The largest absolute Gasteiger partial charge is 0.496 e. The fraction of sp³-hybridized carbons (Fsp3) is 0.111. The van der Waals surface area contributed by atoms with Gasteiger partial charge in [0, 0.05) is 10.0 Å². The van der Waals surface area contributed by atoms with Crippen LogP contribution < -0.4 is 19.8 Å². The molecular weight excluding hydrogens is 540 g/mol. The monoisotopic (exact) mass is 558 g/mol. The third kappa shape index (κ3) is 4.52. The van der Waals surface area contributed by atoms with Crippen molar-refractivity contribution in [3.05, 3.63) is 81.1 Å². The Labute approximate surface area is 219 Å². The first-order valence-electron chi connectivity index (χ1n) is 11.0. The van der Waals surface area contributed by atoms with Crippen molar-refractivity contribution in [1.29, 1.82) is 5.26 Å². The van der Waals surface area contributed by atoms with Crippen molar-refractivity contribution >= 4 is 44.0 Å². The second-order valence-electron chi connectivity index (χ2n) is 7.77. The van der Waals surface area contributed by atoms with Crippen LogP contribution in [0.5, 0.6) is 17.2 Å². The van der Waals surface area contributed by atoms with E-state index >= 15 is 0 Å².